The summed E-state index contributed by atoms with van der Waals surface area (Å²) in [6, 6.07) is 16.1. The van der Waals surface area contributed by atoms with Gasteiger partial charge in [0.2, 0.25) is 0 Å². The van der Waals surface area contributed by atoms with Crippen molar-refractivity contribution in [2.24, 2.45) is 11.8 Å². The fourth-order valence-electron chi connectivity index (χ4n) is 4.80. The molecule has 2 nitrogen and oxygen atoms in total. The first-order valence-corrected chi connectivity index (χ1v) is 9.90. The first kappa shape index (κ1) is 17.7. The number of hydrogen-bond acceptors (Lipinski definition) is 2. The first-order valence-electron chi connectivity index (χ1n) is 9.90. The molecule has 2 aliphatic heterocycles. The molecule has 1 atom stereocenters. The Hall–Kier alpha value is -1.71. The van der Waals surface area contributed by atoms with Gasteiger partial charge in [-0.1, -0.05) is 42.5 Å². The fourth-order valence-corrected chi connectivity index (χ4v) is 4.80. The van der Waals surface area contributed by atoms with Gasteiger partial charge in [0.1, 0.15) is 11.4 Å². The summed E-state index contributed by atoms with van der Waals surface area (Å²) in [5, 5.41) is 11.6. The van der Waals surface area contributed by atoms with Crippen molar-refractivity contribution in [3.8, 4) is 0 Å². The highest BCUT2D eigenvalue weighted by atomic mass is 19.1. The highest BCUT2D eigenvalue weighted by Gasteiger charge is 2.34. The zero-order chi connectivity index (χ0) is 18.0. The van der Waals surface area contributed by atoms with E-state index < -0.39 is 5.60 Å². The van der Waals surface area contributed by atoms with Crippen LogP contribution in [0.5, 0.6) is 0 Å². The van der Waals surface area contributed by atoms with Crippen molar-refractivity contribution in [3.05, 3.63) is 71.5 Å². The van der Waals surface area contributed by atoms with Crippen LogP contribution >= 0.6 is 0 Å². The third kappa shape index (κ3) is 3.70. The summed E-state index contributed by atoms with van der Waals surface area (Å²) in [6.07, 6.45) is 6.08. The zero-order valence-corrected chi connectivity index (χ0v) is 15.3. The van der Waals surface area contributed by atoms with Gasteiger partial charge in [-0.15, -0.1) is 0 Å². The maximum Gasteiger partial charge on any atom is 0.123 e. The lowest BCUT2D eigenvalue weighted by atomic mass is 9.83. The molecule has 3 heteroatoms. The second kappa shape index (κ2) is 7.50. The van der Waals surface area contributed by atoms with Crippen molar-refractivity contribution < 1.29 is 9.50 Å². The molecule has 5 rings (SSSR count). The Bertz CT molecular complexity index is 695. The minimum absolute atomic E-state index is 0.270. The minimum Gasteiger partial charge on any atom is -0.380 e. The van der Waals surface area contributed by atoms with Crippen molar-refractivity contribution >= 4 is 0 Å². The monoisotopic (exact) mass is 353 g/mol. The van der Waals surface area contributed by atoms with E-state index in [2.05, 4.69) is 4.90 Å². The van der Waals surface area contributed by atoms with E-state index in [9.17, 15) is 9.50 Å². The molecule has 0 amide bonds. The molecular weight excluding hydrogens is 325 g/mol. The van der Waals surface area contributed by atoms with Crippen molar-refractivity contribution in [3.63, 3.8) is 0 Å². The number of fused-ring (bicyclic) bond motifs is 4. The van der Waals surface area contributed by atoms with Crippen LogP contribution in [0.3, 0.4) is 0 Å². The van der Waals surface area contributed by atoms with Gasteiger partial charge >= 0.3 is 0 Å². The highest BCUT2D eigenvalue weighted by Crippen LogP contribution is 2.36. The summed E-state index contributed by atoms with van der Waals surface area (Å²) in [7, 11) is 0. The van der Waals surface area contributed by atoms with Gasteiger partial charge in [0, 0.05) is 19.6 Å². The Balaban J connectivity index is 1.56. The van der Waals surface area contributed by atoms with Crippen LogP contribution in [0.2, 0.25) is 0 Å². The van der Waals surface area contributed by atoms with E-state index >= 15 is 0 Å². The molecule has 2 bridgehead atoms. The van der Waals surface area contributed by atoms with Crippen LogP contribution < -0.4 is 0 Å². The average Bonchev–Trinajstić information content (AvgIpc) is 3.00. The summed E-state index contributed by atoms with van der Waals surface area (Å²) in [6.45, 7) is 3.19. The molecule has 0 aromatic heterocycles. The van der Waals surface area contributed by atoms with Gasteiger partial charge in [0.05, 0.1) is 0 Å². The van der Waals surface area contributed by atoms with Gasteiger partial charge in [0.25, 0.3) is 0 Å². The Labute approximate surface area is 155 Å². The van der Waals surface area contributed by atoms with Crippen molar-refractivity contribution in [1.82, 2.24) is 4.90 Å². The summed E-state index contributed by atoms with van der Waals surface area (Å²) in [5.41, 5.74) is 0.563. The third-order valence-corrected chi connectivity index (χ3v) is 6.36. The molecule has 0 radical (unpaired) electrons. The lowest BCUT2D eigenvalue weighted by Gasteiger charge is -2.32. The van der Waals surface area contributed by atoms with E-state index in [0.29, 0.717) is 6.42 Å². The molecule has 1 saturated carbocycles. The summed E-state index contributed by atoms with van der Waals surface area (Å²) in [5.74, 6) is 1.38. The van der Waals surface area contributed by atoms with Crippen LogP contribution in [0.1, 0.15) is 43.2 Å². The molecule has 3 fully saturated rings. The number of rotatable bonds is 5. The number of benzene rings is 2. The second-order valence-electron chi connectivity index (χ2n) is 8.13. The van der Waals surface area contributed by atoms with Gasteiger partial charge in [-0.3, -0.25) is 0 Å². The topological polar surface area (TPSA) is 23.5 Å². The average molecular weight is 353 g/mol. The van der Waals surface area contributed by atoms with Crippen LogP contribution in [0.15, 0.2) is 54.6 Å². The van der Waals surface area contributed by atoms with Crippen LogP contribution in [-0.2, 0) is 5.60 Å². The summed E-state index contributed by atoms with van der Waals surface area (Å²) in [4.78, 5) is 2.55. The van der Waals surface area contributed by atoms with Crippen molar-refractivity contribution in [2.75, 3.05) is 19.6 Å². The maximum atomic E-state index is 13.4. The van der Waals surface area contributed by atoms with Crippen LogP contribution in [0.25, 0.3) is 0 Å². The number of aliphatic hydroxyl groups is 1. The zero-order valence-electron chi connectivity index (χ0n) is 15.3. The van der Waals surface area contributed by atoms with Crippen molar-refractivity contribution in [1.29, 1.82) is 0 Å². The van der Waals surface area contributed by atoms with Crippen LogP contribution in [0, 0.1) is 17.7 Å². The lowest BCUT2D eigenvalue weighted by molar-refractivity contribution is 0.0558. The maximum absolute atomic E-state index is 13.4. The summed E-state index contributed by atoms with van der Waals surface area (Å²) < 4.78 is 13.4. The predicted molar refractivity (Wildman–Crippen MR) is 102 cm³/mol. The Kier molecular flexibility index (Phi) is 5.10. The van der Waals surface area contributed by atoms with Gasteiger partial charge in [0.15, 0.2) is 0 Å². The Morgan fingerprint density at radius 1 is 0.846 bits per heavy atom. The molecular formula is C23H28FNO. The minimum atomic E-state index is -1.08. The normalized spacial score (nSPS) is 25.6. The van der Waals surface area contributed by atoms with Gasteiger partial charge < -0.3 is 10.0 Å². The molecule has 3 aliphatic rings. The number of halogens is 1. The quantitative estimate of drug-likeness (QED) is 0.851. The molecule has 2 heterocycles. The first-order chi connectivity index (χ1) is 12.6. The molecule has 0 unspecified atom stereocenters. The van der Waals surface area contributed by atoms with E-state index in [1.165, 1.54) is 37.8 Å². The van der Waals surface area contributed by atoms with E-state index in [0.717, 1.165) is 42.6 Å². The highest BCUT2D eigenvalue weighted by molar-refractivity contribution is 5.36. The van der Waals surface area contributed by atoms with Gasteiger partial charge in [-0.2, -0.15) is 0 Å². The molecule has 0 spiro atoms. The van der Waals surface area contributed by atoms with Crippen molar-refractivity contribution in [2.45, 2.75) is 37.7 Å². The lowest BCUT2D eigenvalue weighted by Crippen LogP contribution is -2.36. The Morgan fingerprint density at radius 3 is 1.96 bits per heavy atom. The number of hydrogen-bond donors (Lipinski definition) is 1. The number of nitrogens with zero attached hydrogens (tertiary/aromatic N) is 1. The third-order valence-electron chi connectivity index (χ3n) is 6.36. The Morgan fingerprint density at radius 2 is 1.38 bits per heavy atom. The predicted octanol–water partition coefficient (Wildman–Crippen LogP) is 4.57. The molecule has 1 N–H and O–H groups in total. The molecule has 138 valence electrons. The molecule has 2 aromatic carbocycles. The fraction of sp³-hybridized carbons (Fsp3) is 0.478. The molecule has 2 saturated heterocycles. The summed E-state index contributed by atoms with van der Waals surface area (Å²) >= 11 is 0. The second-order valence-corrected chi connectivity index (χ2v) is 8.13. The largest absolute Gasteiger partial charge is 0.380 e. The van der Waals surface area contributed by atoms with E-state index in [1.54, 1.807) is 12.1 Å². The van der Waals surface area contributed by atoms with Gasteiger partial charge in [-0.05, 0) is 67.2 Å². The van der Waals surface area contributed by atoms with Crippen LogP contribution in [-0.4, -0.2) is 29.6 Å². The molecule has 2 aromatic rings. The molecule has 26 heavy (non-hydrogen) atoms. The van der Waals surface area contributed by atoms with E-state index in [4.69, 9.17) is 0 Å². The molecule has 1 aliphatic carbocycles. The van der Waals surface area contributed by atoms with E-state index in [-0.39, 0.29) is 5.82 Å². The van der Waals surface area contributed by atoms with Crippen LogP contribution in [0.4, 0.5) is 4.39 Å². The SMILES string of the molecule is O[C@](CCN1CC2CCC(CC2)C1)(c1ccccc1)c1ccc(F)cc1. The van der Waals surface area contributed by atoms with Gasteiger partial charge in [-0.25, -0.2) is 4.39 Å². The standard InChI is InChI=1S/C23H28FNO/c24-22-12-10-21(11-13-22)23(26,20-4-2-1-3-5-20)14-15-25-16-18-6-7-19(17-25)9-8-18/h1-5,10-13,18-19,26H,6-9,14-17H2/t18?,19?,23-/m1/s1. The smallest absolute Gasteiger partial charge is 0.123 e. The van der Waals surface area contributed by atoms with E-state index in [1.807, 2.05) is 30.3 Å².